The zero-order valence-corrected chi connectivity index (χ0v) is 11.6. The summed E-state index contributed by atoms with van der Waals surface area (Å²) >= 11 is 0. The molecule has 2 saturated heterocycles. The van der Waals surface area contributed by atoms with Crippen molar-refractivity contribution in [1.29, 1.82) is 0 Å². The van der Waals surface area contributed by atoms with Gasteiger partial charge in [-0.2, -0.15) is 0 Å². The van der Waals surface area contributed by atoms with Crippen molar-refractivity contribution >= 4 is 23.5 Å². The molecule has 0 unspecified atom stereocenters. The van der Waals surface area contributed by atoms with E-state index >= 15 is 0 Å². The third-order valence-corrected chi connectivity index (χ3v) is 4.28. The van der Waals surface area contributed by atoms with Crippen LogP contribution in [0.2, 0.25) is 0 Å². The van der Waals surface area contributed by atoms with Crippen molar-refractivity contribution in [2.75, 3.05) is 5.32 Å². The lowest BCUT2D eigenvalue weighted by Gasteiger charge is -2.24. The first-order chi connectivity index (χ1) is 10.5. The molecule has 0 aliphatic carbocycles. The van der Waals surface area contributed by atoms with Crippen molar-refractivity contribution in [2.24, 2.45) is 11.8 Å². The smallest absolute Gasteiger partial charge is 0.337 e. The maximum Gasteiger partial charge on any atom is 0.337 e. The lowest BCUT2D eigenvalue weighted by molar-refractivity contribution is -0.147. The van der Waals surface area contributed by atoms with Gasteiger partial charge in [0.25, 0.3) is 0 Å². The van der Waals surface area contributed by atoms with Crippen molar-refractivity contribution in [3.05, 3.63) is 29.8 Å². The van der Waals surface area contributed by atoms with E-state index in [0.29, 0.717) is 12.8 Å². The van der Waals surface area contributed by atoms with Gasteiger partial charge in [0.2, 0.25) is 5.91 Å². The molecule has 2 fully saturated rings. The number of amides is 1. The first kappa shape index (κ1) is 14.5. The van der Waals surface area contributed by atoms with Crippen LogP contribution in [0.4, 0.5) is 5.69 Å². The molecular weight excluding hydrogens is 290 g/mol. The number of anilines is 1. The van der Waals surface area contributed by atoms with Gasteiger partial charge in [-0.1, -0.05) is 12.1 Å². The molecule has 0 radical (unpaired) electrons. The van der Waals surface area contributed by atoms with Gasteiger partial charge < -0.3 is 20.3 Å². The predicted octanol–water partition coefficient (Wildman–Crippen LogP) is 1.20. The van der Waals surface area contributed by atoms with E-state index in [2.05, 4.69) is 5.32 Å². The van der Waals surface area contributed by atoms with Gasteiger partial charge in [-0.05, 0) is 25.0 Å². The molecule has 2 heterocycles. The summed E-state index contributed by atoms with van der Waals surface area (Å²) in [6, 6.07) is 6.02. The standard InChI is InChI=1S/C15H15NO6/c17-13(16-8-4-2-1-3-7(8)14(18)19)11-9-5-6-10(22-9)12(11)15(20)21/h1-4,9-12H,5-6H2,(H,16,17)(H,18,19)(H,20,21)/t9-,10+,11+,12-/m0/s1. The van der Waals surface area contributed by atoms with Crippen LogP contribution in [0.5, 0.6) is 0 Å². The van der Waals surface area contributed by atoms with Gasteiger partial charge in [-0.25, -0.2) is 4.79 Å². The van der Waals surface area contributed by atoms with Crippen LogP contribution in [0.3, 0.4) is 0 Å². The monoisotopic (exact) mass is 305 g/mol. The number of para-hydroxylation sites is 1. The largest absolute Gasteiger partial charge is 0.481 e. The van der Waals surface area contributed by atoms with E-state index in [1.807, 2.05) is 0 Å². The SMILES string of the molecule is O=C(O)c1ccccc1NC(=O)[C@H]1[C@@H](C(=O)O)[C@H]2CC[C@@H]1O2. The molecule has 0 saturated carbocycles. The van der Waals surface area contributed by atoms with Gasteiger partial charge in [0.15, 0.2) is 0 Å². The van der Waals surface area contributed by atoms with Gasteiger partial charge in [0.05, 0.1) is 35.3 Å². The van der Waals surface area contributed by atoms with Gasteiger partial charge in [0.1, 0.15) is 0 Å². The van der Waals surface area contributed by atoms with Crippen LogP contribution in [0.15, 0.2) is 24.3 Å². The number of rotatable bonds is 4. The molecule has 22 heavy (non-hydrogen) atoms. The summed E-state index contributed by atoms with van der Waals surface area (Å²) in [5, 5.41) is 21.0. The number of carboxylic acids is 2. The second-order valence-electron chi connectivity index (χ2n) is 5.52. The summed E-state index contributed by atoms with van der Waals surface area (Å²) in [4.78, 5) is 35.0. The predicted molar refractivity (Wildman–Crippen MR) is 74.5 cm³/mol. The molecule has 2 aliphatic heterocycles. The van der Waals surface area contributed by atoms with Crippen molar-refractivity contribution in [1.82, 2.24) is 0 Å². The Morgan fingerprint density at radius 2 is 1.68 bits per heavy atom. The van der Waals surface area contributed by atoms with Gasteiger partial charge in [-0.3, -0.25) is 9.59 Å². The summed E-state index contributed by atoms with van der Waals surface area (Å²) in [6.07, 6.45) is 0.431. The molecule has 1 amide bonds. The second kappa shape index (κ2) is 5.42. The first-order valence-corrected chi connectivity index (χ1v) is 7.00. The fourth-order valence-corrected chi connectivity index (χ4v) is 3.32. The van der Waals surface area contributed by atoms with Crippen LogP contribution in [0, 0.1) is 11.8 Å². The van der Waals surface area contributed by atoms with E-state index in [9.17, 15) is 19.5 Å². The number of carbonyl (C=O) groups is 3. The Labute approximate surface area is 125 Å². The molecule has 7 nitrogen and oxygen atoms in total. The molecule has 3 rings (SSSR count). The lowest BCUT2D eigenvalue weighted by atomic mass is 9.78. The summed E-state index contributed by atoms with van der Waals surface area (Å²) in [6.45, 7) is 0. The summed E-state index contributed by atoms with van der Waals surface area (Å²) in [5.74, 6) is -4.39. The number of hydrogen-bond donors (Lipinski definition) is 3. The van der Waals surface area contributed by atoms with Gasteiger partial charge >= 0.3 is 11.9 Å². The maximum absolute atomic E-state index is 12.4. The van der Waals surface area contributed by atoms with Crippen molar-refractivity contribution < 1.29 is 29.3 Å². The molecule has 3 N–H and O–H groups in total. The third-order valence-electron chi connectivity index (χ3n) is 4.28. The van der Waals surface area contributed by atoms with Gasteiger partial charge in [-0.15, -0.1) is 0 Å². The average Bonchev–Trinajstić information content (AvgIpc) is 3.08. The topological polar surface area (TPSA) is 113 Å². The molecule has 1 aromatic rings. The Balaban J connectivity index is 1.83. The lowest BCUT2D eigenvalue weighted by Crippen LogP contribution is -2.41. The highest BCUT2D eigenvalue weighted by atomic mass is 16.5. The molecule has 7 heteroatoms. The van der Waals surface area contributed by atoms with Crippen LogP contribution in [-0.2, 0) is 14.3 Å². The summed E-state index contributed by atoms with van der Waals surface area (Å²) in [7, 11) is 0. The number of aliphatic carboxylic acids is 1. The fourth-order valence-electron chi connectivity index (χ4n) is 3.32. The number of fused-ring (bicyclic) bond motifs is 2. The average molecular weight is 305 g/mol. The van der Waals surface area contributed by atoms with Crippen LogP contribution in [-0.4, -0.2) is 40.3 Å². The molecule has 0 spiro atoms. The maximum atomic E-state index is 12.4. The first-order valence-electron chi connectivity index (χ1n) is 7.00. The second-order valence-corrected chi connectivity index (χ2v) is 5.52. The molecule has 0 aromatic heterocycles. The number of aromatic carboxylic acids is 1. The highest BCUT2D eigenvalue weighted by Gasteiger charge is 2.55. The minimum atomic E-state index is -1.16. The normalized spacial score (nSPS) is 29.3. The number of ether oxygens (including phenoxy) is 1. The van der Waals surface area contributed by atoms with E-state index in [4.69, 9.17) is 9.84 Å². The van der Waals surface area contributed by atoms with Crippen molar-refractivity contribution in [3.8, 4) is 0 Å². The zero-order valence-electron chi connectivity index (χ0n) is 11.6. The molecular formula is C15H15NO6. The molecule has 1 aromatic carbocycles. The van der Waals surface area contributed by atoms with Gasteiger partial charge in [0, 0.05) is 0 Å². The van der Waals surface area contributed by atoms with E-state index in [1.165, 1.54) is 12.1 Å². The molecule has 116 valence electrons. The van der Waals surface area contributed by atoms with Crippen LogP contribution >= 0.6 is 0 Å². The zero-order chi connectivity index (χ0) is 15.9. The Morgan fingerprint density at radius 3 is 2.32 bits per heavy atom. The highest BCUT2D eigenvalue weighted by Crippen LogP contribution is 2.44. The Bertz CT molecular complexity index is 643. The number of carbonyl (C=O) groups excluding carboxylic acids is 1. The van der Waals surface area contributed by atoms with E-state index in [1.54, 1.807) is 12.1 Å². The number of hydrogen-bond acceptors (Lipinski definition) is 4. The number of nitrogens with one attached hydrogen (secondary N) is 1. The minimum Gasteiger partial charge on any atom is -0.481 e. The van der Waals surface area contributed by atoms with E-state index in [-0.39, 0.29) is 11.3 Å². The van der Waals surface area contributed by atoms with E-state index < -0.39 is 41.9 Å². The Hall–Kier alpha value is -2.41. The van der Waals surface area contributed by atoms with Crippen molar-refractivity contribution in [3.63, 3.8) is 0 Å². The minimum absolute atomic E-state index is 0.0354. The van der Waals surface area contributed by atoms with E-state index in [0.717, 1.165) is 0 Å². The number of carboxylic acid groups (broad SMARTS) is 2. The van der Waals surface area contributed by atoms with Crippen molar-refractivity contribution in [2.45, 2.75) is 25.0 Å². The Kier molecular flexibility index (Phi) is 3.58. The fraction of sp³-hybridized carbons (Fsp3) is 0.400. The van der Waals surface area contributed by atoms with Crippen LogP contribution < -0.4 is 5.32 Å². The third kappa shape index (κ3) is 2.33. The molecule has 2 bridgehead atoms. The number of benzene rings is 1. The van der Waals surface area contributed by atoms with Crippen LogP contribution in [0.1, 0.15) is 23.2 Å². The molecule has 2 aliphatic rings. The Morgan fingerprint density at radius 1 is 1.05 bits per heavy atom. The molecule has 4 atom stereocenters. The van der Waals surface area contributed by atoms with Crippen LogP contribution in [0.25, 0.3) is 0 Å². The summed E-state index contributed by atoms with van der Waals surface area (Å²) in [5.41, 5.74) is 0.124. The highest BCUT2D eigenvalue weighted by molar-refractivity contribution is 6.02. The summed E-state index contributed by atoms with van der Waals surface area (Å²) < 4.78 is 5.54. The quantitative estimate of drug-likeness (QED) is 0.770.